The molecule has 68 valence electrons. The van der Waals surface area contributed by atoms with E-state index >= 15 is 0 Å². The molecule has 0 atom stereocenters. The molecule has 0 aromatic heterocycles. The lowest BCUT2D eigenvalue weighted by Gasteiger charge is -2.03. The molecule has 0 aliphatic rings. The molecule has 0 heterocycles. The number of esters is 1. The summed E-state index contributed by atoms with van der Waals surface area (Å²) in [5, 5.41) is 10.3. The number of benzene rings is 1. The van der Waals surface area contributed by atoms with Gasteiger partial charge in [-0.25, -0.2) is 0 Å². The van der Waals surface area contributed by atoms with Gasteiger partial charge < -0.3 is 14.6 Å². The number of carboxylic acids is 1. The largest absolute Gasteiger partial charge is 0.545 e. The summed E-state index contributed by atoms with van der Waals surface area (Å²) in [7, 11) is 0. The van der Waals surface area contributed by atoms with Crippen molar-refractivity contribution in [3.05, 3.63) is 29.8 Å². The van der Waals surface area contributed by atoms with Gasteiger partial charge in [-0.15, -0.1) is 0 Å². The molecule has 0 amide bonds. The van der Waals surface area contributed by atoms with Gasteiger partial charge in [0.25, 0.3) is 0 Å². The Labute approximate surface area is 74.8 Å². The third-order valence-corrected chi connectivity index (χ3v) is 1.35. The van der Waals surface area contributed by atoms with Gasteiger partial charge in [0.2, 0.25) is 0 Å². The fraction of sp³-hybridized carbons (Fsp3) is 0.111. The number of carbonyl (C=O) groups excluding carboxylic acids is 2. The molecule has 4 heteroatoms. The molecule has 0 saturated carbocycles. The zero-order valence-corrected chi connectivity index (χ0v) is 6.94. The highest BCUT2D eigenvalue weighted by Crippen LogP contribution is 2.11. The zero-order valence-electron chi connectivity index (χ0n) is 6.94. The van der Waals surface area contributed by atoms with Crippen LogP contribution in [0.1, 0.15) is 17.3 Å². The lowest BCUT2D eigenvalue weighted by atomic mass is 10.2. The third-order valence-electron chi connectivity index (χ3n) is 1.35. The van der Waals surface area contributed by atoms with Crippen LogP contribution in [0.4, 0.5) is 0 Å². The molecule has 0 aliphatic heterocycles. The van der Waals surface area contributed by atoms with Crippen LogP contribution in [-0.2, 0) is 4.79 Å². The predicted octanol–water partition coefficient (Wildman–Crippen LogP) is -0.0246. The standard InChI is InChI=1S/C9H8O4/c1-6(10)13-8-4-2-7(3-5-8)9(11)12/h2-5H,1H3,(H,11,12)/p-1. The third kappa shape index (κ3) is 2.59. The summed E-state index contributed by atoms with van der Waals surface area (Å²) in [6, 6.07) is 5.42. The van der Waals surface area contributed by atoms with Crippen LogP contribution in [0.3, 0.4) is 0 Å². The van der Waals surface area contributed by atoms with E-state index in [0.717, 1.165) is 0 Å². The molecule has 0 unspecified atom stereocenters. The van der Waals surface area contributed by atoms with Crippen LogP contribution in [-0.4, -0.2) is 11.9 Å². The Hall–Kier alpha value is -1.84. The van der Waals surface area contributed by atoms with Crippen LogP contribution in [0.2, 0.25) is 0 Å². The molecule has 0 spiro atoms. The molecule has 0 bridgehead atoms. The van der Waals surface area contributed by atoms with E-state index in [9.17, 15) is 14.7 Å². The number of ether oxygens (including phenoxy) is 1. The first-order valence-electron chi connectivity index (χ1n) is 3.59. The van der Waals surface area contributed by atoms with Crippen LogP contribution in [0.5, 0.6) is 5.75 Å². The highest BCUT2D eigenvalue weighted by Gasteiger charge is 1.97. The Bertz CT molecular complexity index is 326. The second-order valence-corrected chi connectivity index (χ2v) is 2.41. The Morgan fingerprint density at radius 3 is 2.15 bits per heavy atom. The maximum atomic E-state index is 10.5. The van der Waals surface area contributed by atoms with Gasteiger partial charge in [-0.05, 0) is 29.8 Å². The van der Waals surface area contributed by atoms with Crippen LogP contribution in [0.25, 0.3) is 0 Å². The van der Waals surface area contributed by atoms with E-state index in [-0.39, 0.29) is 5.56 Å². The van der Waals surface area contributed by atoms with Gasteiger partial charge in [0, 0.05) is 6.92 Å². The summed E-state index contributed by atoms with van der Waals surface area (Å²) in [6.07, 6.45) is 0. The first-order valence-corrected chi connectivity index (χ1v) is 3.59. The van der Waals surface area contributed by atoms with Crippen molar-refractivity contribution in [2.75, 3.05) is 0 Å². The highest BCUT2D eigenvalue weighted by molar-refractivity contribution is 5.85. The minimum atomic E-state index is -1.26. The van der Waals surface area contributed by atoms with Gasteiger partial charge in [-0.1, -0.05) is 0 Å². The van der Waals surface area contributed by atoms with E-state index in [1.165, 1.54) is 31.2 Å². The summed E-state index contributed by atoms with van der Waals surface area (Å²) < 4.78 is 4.70. The SMILES string of the molecule is CC(=O)Oc1ccc(C(=O)[O-])cc1. The van der Waals surface area contributed by atoms with Crippen LogP contribution >= 0.6 is 0 Å². The smallest absolute Gasteiger partial charge is 0.308 e. The molecule has 0 N–H and O–H groups in total. The zero-order chi connectivity index (χ0) is 9.84. The second kappa shape index (κ2) is 3.71. The minimum absolute atomic E-state index is 0.0518. The fourth-order valence-electron chi connectivity index (χ4n) is 0.825. The Morgan fingerprint density at radius 2 is 1.77 bits per heavy atom. The summed E-state index contributed by atoms with van der Waals surface area (Å²) in [4.78, 5) is 20.8. The monoisotopic (exact) mass is 179 g/mol. The second-order valence-electron chi connectivity index (χ2n) is 2.41. The van der Waals surface area contributed by atoms with Crippen LogP contribution in [0, 0.1) is 0 Å². The maximum Gasteiger partial charge on any atom is 0.308 e. The molecule has 1 aromatic carbocycles. The number of hydrogen-bond acceptors (Lipinski definition) is 4. The van der Waals surface area contributed by atoms with E-state index in [1.54, 1.807) is 0 Å². The molecule has 1 aromatic rings. The van der Waals surface area contributed by atoms with Crippen molar-refractivity contribution in [3.8, 4) is 5.75 Å². The lowest BCUT2D eigenvalue weighted by Crippen LogP contribution is -2.21. The first kappa shape index (κ1) is 9.25. The first-order chi connectivity index (χ1) is 6.09. The summed E-state index contributed by atoms with van der Waals surface area (Å²) in [5.74, 6) is -1.38. The number of rotatable bonds is 2. The summed E-state index contributed by atoms with van der Waals surface area (Å²) in [5.41, 5.74) is 0.0518. The normalized spacial score (nSPS) is 9.31. The number of aromatic carboxylic acids is 1. The van der Waals surface area contributed by atoms with Gasteiger partial charge in [0.05, 0.1) is 5.97 Å². The summed E-state index contributed by atoms with van der Waals surface area (Å²) >= 11 is 0. The molecule has 13 heavy (non-hydrogen) atoms. The van der Waals surface area contributed by atoms with Crippen LogP contribution < -0.4 is 9.84 Å². The van der Waals surface area contributed by atoms with Gasteiger partial charge in [0.1, 0.15) is 5.75 Å². The molecule has 0 fully saturated rings. The number of carbonyl (C=O) groups is 2. The van der Waals surface area contributed by atoms with E-state index in [0.29, 0.717) is 5.75 Å². The summed E-state index contributed by atoms with van der Waals surface area (Å²) in [6.45, 7) is 1.27. The molecule has 0 radical (unpaired) electrons. The fourth-order valence-corrected chi connectivity index (χ4v) is 0.825. The van der Waals surface area contributed by atoms with Crippen molar-refractivity contribution in [2.45, 2.75) is 6.92 Å². The quantitative estimate of drug-likeness (QED) is 0.472. The topological polar surface area (TPSA) is 66.4 Å². The Kier molecular flexibility index (Phi) is 2.64. The molecule has 4 nitrogen and oxygen atoms in total. The van der Waals surface area contributed by atoms with E-state index in [2.05, 4.69) is 0 Å². The van der Waals surface area contributed by atoms with Gasteiger partial charge in [-0.2, -0.15) is 0 Å². The average Bonchev–Trinajstić information content (AvgIpc) is 2.04. The van der Waals surface area contributed by atoms with Gasteiger partial charge in [0.15, 0.2) is 0 Å². The molecule has 0 aliphatic carbocycles. The van der Waals surface area contributed by atoms with Crippen LogP contribution in [0.15, 0.2) is 24.3 Å². The van der Waals surface area contributed by atoms with Crippen molar-refractivity contribution in [1.82, 2.24) is 0 Å². The molecule has 1 rings (SSSR count). The Balaban J connectivity index is 2.81. The predicted molar refractivity (Wildman–Crippen MR) is 42.1 cm³/mol. The number of hydrogen-bond donors (Lipinski definition) is 0. The van der Waals surface area contributed by atoms with Gasteiger partial charge in [-0.3, -0.25) is 4.79 Å². The van der Waals surface area contributed by atoms with Gasteiger partial charge >= 0.3 is 5.97 Å². The molecule has 0 saturated heterocycles. The van der Waals surface area contributed by atoms with E-state index in [4.69, 9.17) is 4.74 Å². The van der Waals surface area contributed by atoms with Crippen molar-refractivity contribution >= 4 is 11.9 Å². The highest BCUT2D eigenvalue weighted by atomic mass is 16.5. The van der Waals surface area contributed by atoms with E-state index in [1.807, 2.05) is 0 Å². The Morgan fingerprint density at radius 1 is 1.23 bits per heavy atom. The lowest BCUT2D eigenvalue weighted by molar-refractivity contribution is -0.255. The number of carboxylic acid groups (broad SMARTS) is 1. The average molecular weight is 179 g/mol. The van der Waals surface area contributed by atoms with Crippen molar-refractivity contribution in [2.24, 2.45) is 0 Å². The van der Waals surface area contributed by atoms with Crippen molar-refractivity contribution < 1.29 is 19.4 Å². The molecular weight excluding hydrogens is 172 g/mol. The maximum absolute atomic E-state index is 10.5. The van der Waals surface area contributed by atoms with E-state index < -0.39 is 11.9 Å². The molecular formula is C9H7O4-. The van der Waals surface area contributed by atoms with Crippen molar-refractivity contribution in [1.29, 1.82) is 0 Å². The minimum Gasteiger partial charge on any atom is -0.545 e. The van der Waals surface area contributed by atoms with Crippen molar-refractivity contribution in [3.63, 3.8) is 0 Å².